The van der Waals surface area contributed by atoms with Crippen LogP contribution in [0.15, 0.2) is 23.0 Å². The molecule has 1 aliphatic heterocycles. The van der Waals surface area contributed by atoms with E-state index in [4.69, 9.17) is 4.74 Å². The molecule has 0 spiro atoms. The first-order valence-electron chi connectivity index (χ1n) is 8.84. The molecule has 0 aliphatic carbocycles. The summed E-state index contributed by atoms with van der Waals surface area (Å²) in [6, 6.07) is 5.61. The normalized spacial score (nSPS) is 18.5. The van der Waals surface area contributed by atoms with Crippen LogP contribution in [0.3, 0.4) is 0 Å². The summed E-state index contributed by atoms with van der Waals surface area (Å²) in [6.07, 6.45) is 0.561. The van der Waals surface area contributed by atoms with Crippen LogP contribution < -0.4 is 10.9 Å². The molecule has 0 unspecified atom stereocenters. The molecule has 6 nitrogen and oxygen atoms in total. The standard InChI is InChI=1S/C20H25N3O3/c1-11-6-7-15(8-12(11)2)10-21-18-19(24)23-16(20(25)26-5)9-13(3)17(23)14(4)22-18/h6-8,13,16H,9-10H2,1-5H3,(H,21,22)/t13-,16+/m1/s1. The average Bonchev–Trinajstić information content (AvgIpc) is 2.97. The quantitative estimate of drug-likeness (QED) is 0.854. The van der Waals surface area contributed by atoms with Crippen LogP contribution in [0.25, 0.3) is 0 Å². The molecule has 2 heterocycles. The van der Waals surface area contributed by atoms with Crippen molar-refractivity contribution in [3.8, 4) is 0 Å². The molecule has 0 saturated heterocycles. The van der Waals surface area contributed by atoms with Crippen molar-refractivity contribution in [3.05, 3.63) is 56.6 Å². The number of aromatic nitrogens is 2. The summed E-state index contributed by atoms with van der Waals surface area (Å²) in [5, 5.41) is 3.14. The predicted octanol–water partition coefficient (Wildman–Crippen LogP) is 3.00. The van der Waals surface area contributed by atoms with Gasteiger partial charge in [-0.1, -0.05) is 25.1 Å². The summed E-state index contributed by atoms with van der Waals surface area (Å²) in [5.41, 5.74) is 4.84. The first-order chi connectivity index (χ1) is 12.3. The number of anilines is 1. The first kappa shape index (κ1) is 18.2. The van der Waals surface area contributed by atoms with Gasteiger partial charge in [0.25, 0.3) is 5.56 Å². The van der Waals surface area contributed by atoms with Gasteiger partial charge in [0.15, 0.2) is 5.82 Å². The maximum absolute atomic E-state index is 13.0. The van der Waals surface area contributed by atoms with Gasteiger partial charge in [0, 0.05) is 18.2 Å². The van der Waals surface area contributed by atoms with Gasteiger partial charge in [0.1, 0.15) is 6.04 Å². The van der Waals surface area contributed by atoms with Crippen molar-refractivity contribution in [1.82, 2.24) is 9.55 Å². The van der Waals surface area contributed by atoms with Gasteiger partial charge in [-0.05, 0) is 43.9 Å². The van der Waals surface area contributed by atoms with E-state index in [0.29, 0.717) is 13.0 Å². The topological polar surface area (TPSA) is 73.2 Å². The van der Waals surface area contributed by atoms with Crippen LogP contribution in [0.1, 0.15) is 53.4 Å². The monoisotopic (exact) mass is 355 g/mol. The Balaban J connectivity index is 1.94. The second-order valence-electron chi connectivity index (χ2n) is 7.05. The molecule has 0 saturated carbocycles. The highest BCUT2D eigenvalue weighted by Gasteiger charge is 2.37. The molecule has 1 N–H and O–H groups in total. The van der Waals surface area contributed by atoms with E-state index < -0.39 is 6.04 Å². The molecule has 1 aliphatic rings. The van der Waals surface area contributed by atoms with Gasteiger partial charge >= 0.3 is 5.97 Å². The molecule has 0 fully saturated rings. The predicted molar refractivity (Wildman–Crippen MR) is 101 cm³/mol. The highest BCUT2D eigenvalue weighted by atomic mass is 16.5. The molecular formula is C20H25N3O3. The molecule has 138 valence electrons. The minimum absolute atomic E-state index is 0.0908. The van der Waals surface area contributed by atoms with E-state index >= 15 is 0 Å². The van der Waals surface area contributed by atoms with Crippen molar-refractivity contribution in [3.63, 3.8) is 0 Å². The van der Waals surface area contributed by atoms with Crippen LogP contribution >= 0.6 is 0 Å². The number of ether oxygens (including phenoxy) is 1. The highest BCUT2D eigenvalue weighted by Crippen LogP contribution is 2.36. The van der Waals surface area contributed by atoms with E-state index in [1.807, 2.05) is 19.9 Å². The molecular weight excluding hydrogens is 330 g/mol. The van der Waals surface area contributed by atoms with Gasteiger partial charge in [0.05, 0.1) is 12.8 Å². The fraction of sp³-hybridized carbons (Fsp3) is 0.450. The lowest BCUT2D eigenvalue weighted by molar-refractivity contribution is -0.144. The molecule has 6 heteroatoms. The lowest BCUT2D eigenvalue weighted by Crippen LogP contribution is -2.31. The zero-order valence-corrected chi connectivity index (χ0v) is 15.9. The Hall–Kier alpha value is -2.63. The number of rotatable bonds is 4. The highest BCUT2D eigenvalue weighted by molar-refractivity contribution is 5.75. The number of aryl methyl sites for hydroxylation is 3. The fourth-order valence-corrected chi connectivity index (χ4v) is 3.68. The summed E-state index contributed by atoms with van der Waals surface area (Å²) >= 11 is 0. The summed E-state index contributed by atoms with van der Waals surface area (Å²) in [6.45, 7) is 8.51. The number of esters is 1. The molecule has 1 aromatic heterocycles. The minimum Gasteiger partial charge on any atom is -0.467 e. The maximum Gasteiger partial charge on any atom is 0.328 e. The third-order valence-electron chi connectivity index (χ3n) is 5.19. The molecule has 2 aromatic rings. The molecule has 0 bridgehead atoms. The second-order valence-corrected chi connectivity index (χ2v) is 7.05. The van der Waals surface area contributed by atoms with E-state index in [0.717, 1.165) is 17.0 Å². The molecule has 0 radical (unpaired) electrons. The van der Waals surface area contributed by atoms with Gasteiger partial charge in [-0.25, -0.2) is 9.78 Å². The third kappa shape index (κ3) is 3.11. The Bertz CT molecular complexity index is 917. The number of methoxy groups -OCH3 is 1. The van der Waals surface area contributed by atoms with Gasteiger partial charge in [0.2, 0.25) is 0 Å². The summed E-state index contributed by atoms with van der Waals surface area (Å²) in [4.78, 5) is 29.6. The summed E-state index contributed by atoms with van der Waals surface area (Å²) in [5.74, 6) is -0.0241. The van der Waals surface area contributed by atoms with Gasteiger partial charge < -0.3 is 10.1 Å². The Morgan fingerprint density at radius 1 is 1.31 bits per heavy atom. The van der Waals surface area contributed by atoms with Gasteiger partial charge in [-0.2, -0.15) is 0 Å². The van der Waals surface area contributed by atoms with Crippen molar-refractivity contribution in [2.24, 2.45) is 0 Å². The zero-order chi connectivity index (χ0) is 19.0. The molecule has 1 aromatic carbocycles. The number of hydrogen-bond acceptors (Lipinski definition) is 5. The zero-order valence-electron chi connectivity index (χ0n) is 15.9. The van der Waals surface area contributed by atoms with Crippen molar-refractivity contribution >= 4 is 11.8 Å². The fourth-order valence-electron chi connectivity index (χ4n) is 3.68. The van der Waals surface area contributed by atoms with Crippen molar-refractivity contribution in [2.45, 2.75) is 52.6 Å². The van der Waals surface area contributed by atoms with Crippen molar-refractivity contribution in [2.75, 3.05) is 12.4 Å². The van der Waals surface area contributed by atoms with Crippen LogP contribution in [0.2, 0.25) is 0 Å². The number of fused-ring (bicyclic) bond motifs is 1. The molecule has 2 atom stereocenters. The Morgan fingerprint density at radius 3 is 2.69 bits per heavy atom. The van der Waals surface area contributed by atoms with E-state index in [1.54, 1.807) is 4.57 Å². The molecule has 26 heavy (non-hydrogen) atoms. The lowest BCUT2D eigenvalue weighted by Gasteiger charge is -2.16. The van der Waals surface area contributed by atoms with Crippen molar-refractivity contribution < 1.29 is 9.53 Å². The second kappa shape index (κ2) is 6.94. The van der Waals surface area contributed by atoms with E-state index in [2.05, 4.69) is 36.3 Å². The molecule has 3 rings (SSSR count). The average molecular weight is 355 g/mol. The lowest BCUT2D eigenvalue weighted by atomic mass is 10.0. The van der Waals surface area contributed by atoms with E-state index in [1.165, 1.54) is 18.2 Å². The minimum atomic E-state index is -0.582. The number of carbonyl (C=O) groups excluding carboxylic acids is 1. The SMILES string of the molecule is COC(=O)[C@@H]1C[C@@H](C)c2c(C)nc(NCc3ccc(C)c(C)c3)c(=O)n21. The smallest absolute Gasteiger partial charge is 0.328 e. The first-order valence-corrected chi connectivity index (χ1v) is 8.84. The van der Waals surface area contributed by atoms with E-state index in [-0.39, 0.29) is 23.3 Å². The van der Waals surface area contributed by atoms with Crippen LogP contribution in [0.5, 0.6) is 0 Å². The van der Waals surface area contributed by atoms with Crippen LogP contribution in [-0.4, -0.2) is 22.6 Å². The number of nitrogens with zero attached hydrogens (tertiary/aromatic N) is 2. The van der Waals surface area contributed by atoms with Gasteiger partial charge in [-0.15, -0.1) is 0 Å². The van der Waals surface area contributed by atoms with Crippen molar-refractivity contribution in [1.29, 1.82) is 0 Å². The number of hydrogen-bond donors (Lipinski definition) is 1. The third-order valence-corrected chi connectivity index (χ3v) is 5.19. The number of carbonyl (C=O) groups is 1. The Labute approximate surface area is 153 Å². The van der Waals surface area contributed by atoms with Crippen LogP contribution in [0.4, 0.5) is 5.82 Å². The van der Waals surface area contributed by atoms with Crippen LogP contribution in [0, 0.1) is 20.8 Å². The van der Waals surface area contributed by atoms with Crippen LogP contribution in [-0.2, 0) is 16.1 Å². The Morgan fingerprint density at radius 2 is 2.04 bits per heavy atom. The molecule has 0 amide bonds. The van der Waals surface area contributed by atoms with E-state index in [9.17, 15) is 9.59 Å². The van der Waals surface area contributed by atoms with Gasteiger partial charge in [-0.3, -0.25) is 9.36 Å². The summed E-state index contributed by atoms with van der Waals surface area (Å²) < 4.78 is 6.45. The number of benzene rings is 1. The summed E-state index contributed by atoms with van der Waals surface area (Å²) in [7, 11) is 1.35. The Kier molecular flexibility index (Phi) is 4.85. The number of nitrogens with one attached hydrogen (secondary N) is 1. The maximum atomic E-state index is 13.0. The largest absolute Gasteiger partial charge is 0.467 e.